The van der Waals surface area contributed by atoms with Crippen LogP contribution in [0.4, 0.5) is 10.1 Å². The number of hydrogen-bond donors (Lipinski definition) is 1. The van der Waals surface area contributed by atoms with E-state index in [0.717, 1.165) is 6.07 Å². The normalized spacial score (nSPS) is 19.2. The molecule has 1 heterocycles. The highest BCUT2D eigenvalue weighted by atomic mass is 79.9. The second-order valence-corrected chi connectivity index (χ2v) is 5.38. The molecule has 0 aliphatic carbocycles. The van der Waals surface area contributed by atoms with Gasteiger partial charge in [-0.3, -0.25) is 14.5 Å². The van der Waals surface area contributed by atoms with Crippen LogP contribution in [0.15, 0.2) is 16.6 Å². The van der Waals surface area contributed by atoms with Crippen LogP contribution in [-0.4, -0.2) is 29.3 Å². The van der Waals surface area contributed by atoms with Gasteiger partial charge in [0.1, 0.15) is 11.9 Å². The van der Waals surface area contributed by atoms with Crippen molar-refractivity contribution in [2.45, 2.75) is 19.4 Å². The van der Waals surface area contributed by atoms with E-state index >= 15 is 0 Å². The summed E-state index contributed by atoms with van der Waals surface area (Å²) in [5.41, 5.74) is 0.409. The lowest BCUT2D eigenvalue weighted by molar-refractivity contribution is -0.138. The molecular weight excluding hydrogens is 338 g/mol. The monoisotopic (exact) mass is 348 g/mol. The Morgan fingerprint density at radius 2 is 2.21 bits per heavy atom. The SMILES string of the molecule is CCN1C(=O)CC(Nc2c(Cl)cc(F)cc2Br)C1=O. The molecule has 0 saturated carbocycles. The minimum atomic E-state index is -0.660. The number of benzene rings is 1. The third-order valence-electron chi connectivity index (χ3n) is 2.89. The van der Waals surface area contributed by atoms with E-state index in [1.54, 1.807) is 6.92 Å². The molecule has 4 nitrogen and oxygen atoms in total. The van der Waals surface area contributed by atoms with Crippen molar-refractivity contribution in [3.05, 3.63) is 27.4 Å². The fourth-order valence-electron chi connectivity index (χ4n) is 1.98. The summed E-state index contributed by atoms with van der Waals surface area (Å²) in [6.45, 7) is 2.08. The molecule has 1 saturated heterocycles. The minimum absolute atomic E-state index is 0.0762. The summed E-state index contributed by atoms with van der Waals surface area (Å²) in [4.78, 5) is 24.7. The molecule has 0 bridgehead atoms. The number of nitrogens with zero attached hydrogens (tertiary/aromatic N) is 1. The molecule has 1 aromatic carbocycles. The van der Waals surface area contributed by atoms with Gasteiger partial charge in [0.15, 0.2) is 0 Å². The lowest BCUT2D eigenvalue weighted by Crippen LogP contribution is -2.34. The van der Waals surface area contributed by atoms with Gasteiger partial charge in [-0.2, -0.15) is 0 Å². The topological polar surface area (TPSA) is 49.4 Å². The molecule has 1 fully saturated rings. The Kier molecular flexibility index (Phi) is 4.10. The van der Waals surface area contributed by atoms with Gasteiger partial charge in [-0.1, -0.05) is 11.6 Å². The third kappa shape index (κ3) is 2.74. The maximum Gasteiger partial charge on any atom is 0.252 e. The van der Waals surface area contributed by atoms with Crippen LogP contribution >= 0.6 is 27.5 Å². The Morgan fingerprint density at radius 1 is 1.53 bits per heavy atom. The Hall–Kier alpha value is -1.14. The zero-order valence-corrected chi connectivity index (χ0v) is 12.4. The molecule has 1 aliphatic heterocycles. The van der Waals surface area contributed by atoms with Gasteiger partial charge in [-0.05, 0) is 35.0 Å². The summed E-state index contributed by atoms with van der Waals surface area (Å²) in [5.74, 6) is -0.995. The average Bonchev–Trinajstić information content (AvgIpc) is 2.58. The van der Waals surface area contributed by atoms with Crippen LogP contribution < -0.4 is 5.32 Å². The van der Waals surface area contributed by atoms with Crippen molar-refractivity contribution in [2.24, 2.45) is 0 Å². The number of likely N-dealkylation sites (tertiary alicyclic amines) is 1. The molecule has 0 aromatic heterocycles. The predicted octanol–water partition coefficient (Wildman–Crippen LogP) is 2.80. The summed E-state index contributed by atoms with van der Waals surface area (Å²) in [5, 5.41) is 3.05. The van der Waals surface area contributed by atoms with Crippen LogP contribution in [0.25, 0.3) is 0 Å². The first-order valence-electron chi connectivity index (χ1n) is 5.69. The fourth-order valence-corrected chi connectivity index (χ4v) is 2.90. The first kappa shape index (κ1) is 14.3. The summed E-state index contributed by atoms with van der Waals surface area (Å²) >= 11 is 9.10. The molecule has 0 spiro atoms. The molecule has 19 heavy (non-hydrogen) atoms. The number of hydrogen-bond acceptors (Lipinski definition) is 3. The van der Waals surface area contributed by atoms with Gasteiger partial charge in [-0.25, -0.2) is 4.39 Å². The second kappa shape index (κ2) is 5.46. The van der Waals surface area contributed by atoms with Crippen LogP contribution in [0.3, 0.4) is 0 Å². The molecule has 1 aromatic rings. The highest BCUT2D eigenvalue weighted by Crippen LogP contribution is 2.33. The number of halogens is 3. The first-order valence-corrected chi connectivity index (χ1v) is 6.86. The maximum absolute atomic E-state index is 13.1. The van der Waals surface area contributed by atoms with E-state index in [0.29, 0.717) is 16.7 Å². The third-order valence-corrected chi connectivity index (χ3v) is 3.81. The number of carbonyl (C=O) groups is 2. The van der Waals surface area contributed by atoms with Gasteiger partial charge in [-0.15, -0.1) is 0 Å². The molecule has 102 valence electrons. The van der Waals surface area contributed by atoms with E-state index in [4.69, 9.17) is 11.6 Å². The van der Waals surface area contributed by atoms with Crippen LogP contribution in [0.5, 0.6) is 0 Å². The van der Waals surface area contributed by atoms with Crippen LogP contribution in [0.1, 0.15) is 13.3 Å². The van der Waals surface area contributed by atoms with Crippen molar-refractivity contribution in [2.75, 3.05) is 11.9 Å². The van der Waals surface area contributed by atoms with E-state index in [9.17, 15) is 14.0 Å². The van der Waals surface area contributed by atoms with Crippen molar-refractivity contribution >= 4 is 45.0 Å². The first-order chi connectivity index (χ1) is 8.93. The second-order valence-electron chi connectivity index (χ2n) is 4.12. The van der Waals surface area contributed by atoms with Crippen molar-refractivity contribution in [1.29, 1.82) is 0 Å². The van der Waals surface area contributed by atoms with Crippen molar-refractivity contribution in [3.63, 3.8) is 0 Å². The summed E-state index contributed by atoms with van der Waals surface area (Å²) in [7, 11) is 0. The Morgan fingerprint density at radius 3 is 2.74 bits per heavy atom. The van der Waals surface area contributed by atoms with Crippen LogP contribution in [0, 0.1) is 5.82 Å². The highest BCUT2D eigenvalue weighted by Gasteiger charge is 2.37. The minimum Gasteiger partial charge on any atom is -0.371 e. The van der Waals surface area contributed by atoms with Crippen LogP contribution in [0.2, 0.25) is 5.02 Å². The highest BCUT2D eigenvalue weighted by molar-refractivity contribution is 9.10. The molecular formula is C12H11BrClFN2O2. The lowest BCUT2D eigenvalue weighted by atomic mass is 10.2. The number of carbonyl (C=O) groups excluding carboxylic acids is 2. The standard InChI is InChI=1S/C12H11BrClFN2O2/c1-2-17-10(18)5-9(12(17)19)16-11-7(13)3-6(15)4-8(11)14/h3-4,9,16H,2,5H2,1H3. The Balaban J connectivity index is 2.24. The fraction of sp³-hybridized carbons (Fsp3) is 0.333. The zero-order chi connectivity index (χ0) is 14.2. The van der Waals surface area contributed by atoms with E-state index in [1.165, 1.54) is 11.0 Å². The van der Waals surface area contributed by atoms with E-state index in [-0.39, 0.29) is 23.3 Å². The van der Waals surface area contributed by atoms with E-state index < -0.39 is 11.9 Å². The summed E-state index contributed by atoms with van der Waals surface area (Å²) in [6, 6.07) is 1.73. The summed E-state index contributed by atoms with van der Waals surface area (Å²) < 4.78 is 13.5. The van der Waals surface area contributed by atoms with E-state index in [1.807, 2.05) is 0 Å². The van der Waals surface area contributed by atoms with Gasteiger partial charge in [0.25, 0.3) is 5.91 Å². The Labute approximate surface area is 123 Å². The van der Waals surface area contributed by atoms with Crippen molar-refractivity contribution in [1.82, 2.24) is 4.90 Å². The quantitative estimate of drug-likeness (QED) is 0.854. The van der Waals surface area contributed by atoms with E-state index in [2.05, 4.69) is 21.2 Å². The number of anilines is 1. The smallest absolute Gasteiger partial charge is 0.252 e. The molecule has 1 aliphatic rings. The Bertz CT molecular complexity index is 530. The number of nitrogens with one attached hydrogen (secondary N) is 1. The largest absolute Gasteiger partial charge is 0.371 e. The average molecular weight is 350 g/mol. The van der Waals surface area contributed by atoms with Gasteiger partial charge in [0, 0.05) is 11.0 Å². The van der Waals surface area contributed by atoms with Crippen LogP contribution in [-0.2, 0) is 9.59 Å². The lowest BCUT2D eigenvalue weighted by Gasteiger charge is -2.16. The molecule has 1 unspecified atom stereocenters. The maximum atomic E-state index is 13.1. The number of amides is 2. The molecule has 1 N–H and O–H groups in total. The van der Waals surface area contributed by atoms with Gasteiger partial charge in [0.2, 0.25) is 5.91 Å². The zero-order valence-electron chi connectivity index (χ0n) is 10.0. The summed E-state index contributed by atoms with van der Waals surface area (Å²) in [6.07, 6.45) is 0.0762. The number of rotatable bonds is 3. The molecule has 7 heteroatoms. The molecule has 1 atom stereocenters. The van der Waals surface area contributed by atoms with Crippen molar-refractivity contribution in [3.8, 4) is 0 Å². The molecule has 2 rings (SSSR count). The van der Waals surface area contributed by atoms with Gasteiger partial charge in [0.05, 0.1) is 17.1 Å². The molecule has 0 radical (unpaired) electrons. The number of likely N-dealkylation sites (N-methyl/N-ethyl adjacent to an activating group) is 1. The molecule has 2 amide bonds. The number of imide groups is 1. The van der Waals surface area contributed by atoms with Gasteiger partial charge >= 0.3 is 0 Å². The predicted molar refractivity (Wildman–Crippen MR) is 73.5 cm³/mol. The van der Waals surface area contributed by atoms with Gasteiger partial charge < -0.3 is 5.32 Å². The van der Waals surface area contributed by atoms with Crippen molar-refractivity contribution < 1.29 is 14.0 Å².